The summed E-state index contributed by atoms with van der Waals surface area (Å²) < 4.78 is 0. The van der Waals surface area contributed by atoms with Crippen molar-refractivity contribution in [1.82, 2.24) is 4.90 Å². The van der Waals surface area contributed by atoms with E-state index in [2.05, 4.69) is 65.6 Å². The molecule has 2 heterocycles. The molecular formula is C22H22N2O. The summed E-state index contributed by atoms with van der Waals surface area (Å²) in [5.74, 6) is 0.143. The van der Waals surface area contributed by atoms with E-state index in [0.29, 0.717) is 6.54 Å². The van der Waals surface area contributed by atoms with E-state index in [0.717, 1.165) is 13.0 Å². The Morgan fingerprint density at radius 1 is 1.00 bits per heavy atom. The van der Waals surface area contributed by atoms with Gasteiger partial charge < -0.3 is 9.80 Å². The molecule has 0 radical (unpaired) electrons. The summed E-state index contributed by atoms with van der Waals surface area (Å²) in [5, 5.41) is 0. The topological polar surface area (TPSA) is 23.6 Å². The molecule has 2 aromatic rings. The second-order valence-electron chi connectivity index (χ2n) is 6.57. The maximum Gasteiger partial charge on any atom is 0.219 e. The number of benzene rings is 2. The Labute approximate surface area is 148 Å². The fourth-order valence-electron chi connectivity index (χ4n) is 3.71. The highest BCUT2D eigenvalue weighted by molar-refractivity contribution is 5.75. The van der Waals surface area contributed by atoms with Gasteiger partial charge in [-0.15, -0.1) is 0 Å². The van der Waals surface area contributed by atoms with Gasteiger partial charge in [-0.3, -0.25) is 4.79 Å². The van der Waals surface area contributed by atoms with Gasteiger partial charge in [-0.1, -0.05) is 60.7 Å². The molecule has 0 fully saturated rings. The lowest BCUT2D eigenvalue weighted by molar-refractivity contribution is -0.128. The molecule has 0 spiro atoms. The van der Waals surface area contributed by atoms with Crippen LogP contribution >= 0.6 is 0 Å². The lowest BCUT2D eigenvalue weighted by Gasteiger charge is -2.29. The van der Waals surface area contributed by atoms with Gasteiger partial charge in [-0.05, 0) is 29.7 Å². The molecular weight excluding hydrogens is 308 g/mol. The molecule has 2 aromatic carbocycles. The molecule has 25 heavy (non-hydrogen) atoms. The number of hydrogen-bond acceptors (Lipinski definition) is 2. The van der Waals surface area contributed by atoms with Crippen molar-refractivity contribution in [3.63, 3.8) is 0 Å². The Morgan fingerprint density at radius 3 is 2.36 bits per heavy atom. The van der Waals surface area contributed by atoms with Crippen molar-refractivity contribution >= 4 is 11.6 Å². The molecule has 126 valence electrons. The smallest absolute Gasteiger partial charge is 0.219 e. The predicted octanol–water partition coefficient (Wildman–Crippen LogP) is 4.31. The molecule has 1 amide bonds. The lowest BCUT2D eigenvalue weighted by atomic mass is 10.1. The van der Waals surface area contributed by atoms with E-state index in [1.807, 2.05) is 17.0 Å². The van der Waals surface area contributed by atoms with Gasteiger partial charge >= 0.3 is 0 Å². The second kappa shape index (κ2) is 6.60. The van der Waals surface area contributed by atoms with E-state index in [4.69, 9.17) is 0 Å². The Balaban J connectivity index is 1.78. The SMILES string of the molecule is CC(=O)N1CCC=C2C(=CC(c3ccccc3)N2c2ccccc2)C1. The fraction of sp³-hybridized carbons (Fsp3) is 0.227. The average molecular weight is 330 g/mol. The number of anilines is 1. The summed E-state index contributed by atoms with van der Waals surface area (Å²) in [6.45, 7) is 3.13. The van der Waals surface area contributed by atoms with Crippen molar-refractivity contribution in [1.29, 1.82) is 0 Å². The van der Waals surface area contributed by atoms with Gasteiger partial charge in [0.1, 0.15) is 0 Å². The van der Waals surface area contributed by atoms with Crippen LogP contribution in [0, 0.1) is 0 Å². The van der Waals surface area contributed by atoms with Gasteiger partial charge in [-0.25, -0.2) is 0 Å². The quantitative estimate of drug-likeness (QED) is 0.819. The van der Waals surface area contributed by atoms with Crippen LogP contribution in [0.25, 0.3) is 0 Å². The van der Waals surface area contributed by atoms with Crippen molar-refractivity contribution < 1.29 is 4.79 Å². The third kappa shape index (κ3) is 2.98. The van der Waals surface area contributed by atoms with Gasteiger partial charge in [-0.2, -0.15) is 0 Å². The maximum absolute atomic E-state index is 11.9. The van der Waals surface area contributed by atoms with Gasteiger partial charge in [0.25, 0.3) is 0 Å². The maximum atomic E-state index is 11.9. The van der Waals surface area contributed by atoms with E-state index in [1.54, 1.807) is 6.92 Å². The molecule has 4 rings (SSSR count). The molecule has 0 aliphatic carbocycles. The van der Waals surface area contributed by atoms with Crippen LogP contribution in [0.5, 0.6) is 0 Å². The molecule has 0 saturated carbocycles. The Hall–Kier alpha value is -2.81. The highest BCUT2D eigenvalue weighted by atomic mass is 16.2. The first kappa shape index (κ1) is 15.7. The lowest BCUT2D eigenvalue weighted by Crippen LogP contribution is -2.30. The normalized spacial score (nSPS) is 19.8. The van der Waals surface area contributed by atoms with Gasteiger partial charge in [0.05, 0.1) is 6.04 Å². The monoisotopic (exact) mass is 330 g/mol. The van der Waals surface area contributed by atoms with Gasteiger partial charge in [0.2, 0.25) is 5.91 Å². The van der Waals surface area contributed by atoms with Crippen molar-refractivity contribution in [3.05, 3.63) is 89.6 Å². The first-order valence-corrected chi connectivity index (χ1v) is 8.80. The van der Waals surface area contributed by atoms with Gasteiger partial charge in [0, 0.05) is 31.4 Å². The van der Waals surface area contributed by atoms with Crippen LogP contribution in [0.1, 0.15) is 24.9 Å². The average Bonchev–Trinajstić information content (AvgIpc) is 2.87. The fourth-order valence-corrected chi connectivity index (χ4v) is 3.71. The van der Waals surface area contributed by atoms with Gasteiger partial charge in [0.15, 0.2) is 0 Å². The molecule has 2 aliphatic heterocycles. The number of carbonyl (C=O) groups excluding carboxylic acids is 1. The second-order valence-corrected chi connectivity index (χ2v) is 6.57. The molecule has 0 bridgehead atoms. The summed E-state index contributed by atoms with van der Waals surface area (Å²) in [6.07, 6.45) is 5.48. The highest BCUT2D eigenvalue weighted by Gasteiger charge is 2.33. The molecule has 3 heteroatoms. The number of nitrogens with zero attached hydrogens (tertiary/aromatic N) is 2. The minimum absolute atomic E-state index is 0.143. The molecule has 0 saturated heterocycles. The number of fused-ring (bicyclic) bond motifs is 1. The standard InChI is InChI=1S/C22H22N2O/c1-17(25)23-14-8-13-21-19(16-23)15-22(18-9-4-2-5-10-18)24(21)20-11-6-3-7-12-20/h2-7,9-13,15,22H,8,14,16H2,1H3. The van der Waals surface area contributed by atoms with Crippen LogP contribution in [-0.4, -0.2) is 23.9 Å². The molecule has 0 N–H and O–H groups in total. The number of hydrogen-bond donors (Lipinski definition) is 0. The summed E-state index contributed by atoms with van der Waals surface area (Å²) in [5.41, 5.74) is 4.93. The summed E-state index contributed by atoms with van der Waals surface area (Å²) >= 11 is 0. The van der Waals surface area contributed by atoms with Crippen molar-refractivity contribution in [2.75, 3.05) is 18.0 Å². The Morgan fingerprint density at radius 2 is 1.68 bits per heavy atom. The van der Waals surface area contributed by atoms with E-state index < -0.39 is 0 Å². The zero-order valence-electron chi connectivity index (χ0n) is 14.4. The molecule has 2 aliphatic rings. The van der Waals surface area contributed by atoms with Crippen molar-refractivity contribution in [3.8, 4) is 0 Å². The predicted molar refractivity (Wildman–Crippen MR) is 101 cm³/mol. The summed E-state index contributed by atoms with van der Waals surface area (Å²) in [4.78, 5) is 16.2. The Kier molecular flexibility index (Phi) is 4.14. The summed E-state index contributed by atoms with van der Waals surface area (Å²) in [7, 11) is 0. The zero-order chi connectivity index (χ0) is 17.2. The number of amides is 1. The van der Waals surface area contributed by atoms with E-state index in [-0.39, 0.29) is 11.9 Å². The van der Waals surface area contributed by atoms with Crippen LogP contribution in [0.3, 0.4) is 0 Å². The number of carbonyl (C=O) groups is 1. The van der Waals surface area contributed by atoms with E-state index >= 15 is 0 Å². The first-order valence-electron chi connectivity index (χ1n) is 8.80. The van der Waals surface area contributed by atoms with E-state index in [1.165, 1.54) is 22.5 Å². The van der Waals surface area contributed by atoms with Crippen LogP contribution in [-0.2, 0) is 4.79 Å². The molecule has 1 unspecified atom stereocenters. The minimum Gasteiger partial charge on any atom is -0.338 e. The largest absolute Gasteiger partial charge is 0.338 e. The van der Waals surface area contributed by atoms with Crippen molar-refractivity contribution in [2.24, 2.45) is 0 Å². The molecule has 3 nitrogen and oxygen atoms in total. The molecule has 1 atom stereocenters. The van der Waals surface area contributed by atoms with Crippen molar-refractivity contribution in [2.45, 2.75) is 19.4 Å². The number of rotatable bonds is 2. The Bertz CT molecular complexity index is 824. The summed E-state index contributed by atoms with van der Waals surface area (Å²) in [6, 6.07) is 21.2. The minimum atomic E-state index is 0.143. The molecule has 0 aromatic heterocycles. The van der Waals surface area contributed by atoms with Crippen LogP contribution in [0.15, 0.2) is 84.1 Å². The van der Waals surface area contributed by atoms with Crippen LogP contribution < -0.4 is 4.90 Å². The third-order valence-electron chi connectivity index (χ3n) is 4.94. The zero-order valence-corrected chi connectivity index (χ0v) is 14.4. The number of para-hydroxylation sites is 1. The van der Waals surface area contributed by atoms with Crippen LogP contribution in [0.4, 0.5) is 5.69 Å². The third-order valence-corrected chi connectivity index (χ3v) is 4.94. The highest BCUT2D eigenvalue weighted by Crippen LogP contribution is 2.42. The first-order chi connectivity index (χ1) is 12.2. The van der Waals surface area contributed by atoms with Crippen LogP contribution in [0.2, 0.25) is 0 Å². The van der Waals surface area contributed by atoms with E-state index in [9.17, 15) is 4.79 Å².